The molecular formula is C30H43N3O2. The summed E-state index contributed by atoms with van der Waals surface area (Å²) >= 11 is 0. The third-order valence-corrected chi connectivity index (χ3v) is 6.99. The Morgan fingerprint density at radius 3 is 2.29 bits per heavy atom. The number of hydrogen-bond donors (Lipinski definition) is 1. The van der Waals surface area contributed by atoms with Gasteiger partial charge in [-0.2, -0.15) is 0 Å². The van der Waals surface area contributed by atoms with E-state index in [1.54, 1.807) is 0 Å². The van der Waals surface area contributed by atoms with E-state index in [9.17, 15) is 9.59 Å². The van der Waals surface area contributed by atoms with Gasteiger partial charge in [0, 0.05) is 44.5 Å². The molecular weight excluding hydrogens is 434 g/mol. The van der Waals surface area contributed by atoms with Crippen LogP contribution >= 0.6 is 0 Å². The Kier molecular flexibility index (Phi) is 9.76. The van der Waals surface area contributed by atoms with Gasteiger partial charge in [0.25, 0.3) is 0 Å². The molecule has 0 aliphatic heterocycles. The third-order valence-electron chi connectivity index (χ3n) is 6.99. The Morgan fingerprint density at radius 2 is 1.69 bits per heavy atom. The fourth-order valence-electron chi connectivity index (χ4n) is 5.21. The minimum absolute atomic E-state index is 0.0268. The van der Waals surface area contributed by atoms with E-state index in [-0.39, 0.29) is 23.8 Å². The van der Waals surface area contributed by atoms with Crippen LogP contribution in [-0.4, -0.2) is 36.9 Å². The molecule has 1 N–H and O–H groups in total. The highest BCUT2D eigenvalue weighted by Crippen LogP contribution is 2.32. The van der Waals surface area contributed by atoms with Crippen molar-refractivity contribution in [2.45, 2.75) is 84.2 Å². The molecule has 1 saturated carbocycles. The lowest BCUT2D eigenvalue weighted by atomic mass is 9.90. The highest BCUT2D eigenvalue weighted by atomic mass is 16.2. The van der Waals surface area contributed by atoms with E-state index in [1.807, 2.05) is 52.2 Å². The van der Waals surface area contributed by atoms with Gasteiger partial charge in [-0.25, -0.2) is 0 Å². The van der Waals surface area contributed by atoms with Crippen LogP contribution in [-0.2, 0) is 16.1 Å². The zero-order valence-electron chi connectivity index (χ0n) is 22.2. The number of rotatable bonds is 10. The molecule has 0 radical (unpaired) electrons. The minimum Gasteiger partial charge on any atom is -0.377 e. The summed E-state index contributed by atoms with van der Waals surface area (Å²) in [6.45, 7) is 6.74. The van der Waals surface area contributed by atoms with E-state index in [0.29, 0.717) is 18.9 Å². The maximum Gasteiger partial charge on any atom is 0.230 e. The van der Waals surface area contributed by atoms with Crippen molar-refractivity contribution >= 4 is 23.2 Å². The lowest BCUT2D eigenvalue weighted by molar-refractivity contribution is -0.136. The quantitative estimate of drug-likeness (QED) is 0.420. The molecule has 1 unspecified atom stereocenters. The van der Waals surface area contributed by atoms with Gasteiger partial charge in [0.1, 0.15) is 0 Å². The number of anilines is 2. The van der Waals surface area contributed by atoms with Crippen LogP contribution in [0.1, 0.15) is 82.8 Å². The van der Waals surface area contributed by atoms with Gasteiger partial charge in [-0.15, -0.1) is 0 Å². The van der Waals surface area contributed by atoms with Crippen molar-refractivity contribution in [3.8, 4) is 0 Å². The van der Waals surface area contributed by atoms with Crippen molar-refractivity contribution in [3.63, 3.8) is 0 Å². The molecule has 5 nitrogen and oxygen atoms in total. The Labute approximate surface area is 211 Å². The first-order valence-electron chi connectivity index (χ1n) is 13.3. The molecule has 0 spiro atoms. The van der Waals surface area contributed by atoms with Crippen LogP contribution in [0.2, 0.25) is 0 Å². The van der Waals surface area contributed by atoms with Crippen LogP contribution in [0, 0.1) is 5.92 Å². The smallest absolute Gasteiger partial charge is 0.230 e. The van der Waals surface area contributed by atoms with E-state index in [1.165, 1.54) is 19.3 Å². The summed E-state index contributed by atoms with van der Waals surface area (Å²) in [5, 5.41) is 3.06. The van der Waals surface area contributed by atoms with Gasteiger partial charge >= 0.3 is 0 Å². The highest BCUT2D eigenvalue weighted by Gasteiger charge is 2.31. The second kappa shape index (κ2) is 12.8. The fourth-order valence-corrected chi connectivity index (χ4v) is 5.21. The molecule has 0 aromatic heterocycles. The molecule has 5 heteroatoms. The first kappa shape index (κ1) is 26.8. The van der Waals surface area contributed by atoms with E-state index >= 15 is 0 Å². The van der Waals surface area contributed by atoms with Gasteiger partial charge in [-0.05, 0) is 54.5 Å². The zero-order valence-corrected chi connectivity index (χ0v) is 22.2. The maximum atomic E-state index is 14.1. The standard InChI is InChI=1S/C30H43N3O2/c1-6-27(23-13-9-7-10-14-23)30(35)33(26-15-11-8-12-16-26)21-24-20-25(17-18-28(24)32(4)5)31-29(34)19-22(2)3/h7,9-10,13-14,17-18,20,22,26-27H,6,8,11-12,15-16,19,21H2,1-5H3,(H,31,34). The Morgan fingerprint density at radius 1 is 1.00 bits per heavy atom. The summed E-state index contributed by atoms with van der Waals surface area (Å²) in [5.41, 5.74) is 4.03. The SMILES string of the molecule is CCC(C(=O)N(Cc1cc(NC(=O)CC(C)C)ccc1N(C)C)C1CCCCC1)c1ccccc1. The molecule has 3 rings (SSSR count). The van der Waals surface area contributed by atoms with Gasteiger partial charge in [0.15, 0.2) is 0 Å². The van der Waals surface area contributed by atoms with Crippen LogP contribution in [0.25, 0.3) is 0 Å². The van der Waals surface area contributed by atoms with E-state index in [4.69, 9.17) is 0 Å². The molecule has 0 bridgehead atoms. The topological polar surface area (TPSA) is 52.7 Å². The molecule has 1 aliphatic rings. The lowest BCUT2D eigenvalue weighted by Crippen LogP contribution is -2.43. The molecule has 1 fully saturated rings. The van der Waals surface area contributed by atoms with Gasteiger partial charge in [0.2, 0.25) is 11.8 Å². The van der Waals surface area contributed by atoms with Gasteiger partial charge in [-0.1, -0.05) is 70.4 Å². The minimum atomic E-state index is -0.144. The average molecular weight is 478 g/mol. The molecule has 190 valence electrons. The molecule has 0 heterocycles. The second-order valence-corrected chi connectivity index (χ2v) is 10.5. The largest absolute Gasteiger partial charge is 0.377 e. The Hall–Kier alpha value is -2.82. The first-order valence-corrected chi connectivity index (χ1v) is 13.3. The number of nitrogens with zero attached hydrogens (tertiary/aromatic N) is 2. The van der Waals surface area contributed by atoms with Gasteiger partial charge in [-0.3, -0.25) is 9.59 Å². The summed E-state index contributed by atoms with van der Waals surface area (Å²) in [7, 11) is 4.06. The van der Waals surface area contributed by atoms with E-state index < -0.39 is 0 Å². The molecule has 2 aromatic carbocycles. The lowest BCUT2D eigenvalue weighted by Gasteiger charge is -2.37. The number of carbonyl (C=O) groups excluding carboxylic acids is 2. The third kappa shape index (κ3) is 7.33. The molecule has 1 aliphatic carbocycles. The number of amides is 2. The van der Waals surface area contributed by atoms with Gasteiger partial charge < -0.3 is 15.1 Å². The highest BCUT2D eigenvalue weighted by molar-refractivity contribution is 5.91. The van der Waals surface area contributed by atoms with Crippen molar-refractivity contribution < 1.29 is 9.59 Å². The van der Waals surface area contributed by atoms with Crippen LogP contribution in [0.5, 0.6) is 0 Å². The summed E-state index contributed by atoms with van der Waals surface area (Å²) < 4.78 is 0. The molecule has 2 aromatic rings. The van der Waals surface area contributed by atoms with Crippen LogP contribution < -0.4 is 10.2 Å². The average Bonchev–Trinajstić information content (AvgIpc) is 2.83. The first-order chi connectivity index (χ1) is 16.8. The molecule has 0 saturated heterocycles. The van der Waals surface area contributed by atoms with Crippen molar-refractivity contribution in [3.05, 3.63) is 59.7 Å². The molecule has 35 heavy (non-hydrogen) atoms. The molecule has 1 atom stereocenters. The number of carbonyl (C=O) groups is 2. The summed E-state index contributed by atoms with van der Waals surface area (Å²) in [6.07, 6.45) is 6.96. The van der Waals surface area contributed by atoms with Crippen molar-refractivity contribution in [2.24, 2.45) is 5.92 Å². The van der Waals surface area contributed by atoms with Crippen LogP contribution in [0.4, 0.5) is 11.4 Å². The number of nitrogens with one attached hydrogen (secondary N) is 1. The summed E-state index contributed by atoms with van der Waals surface area (Å²) in [6, 6.07) is 16.5. The maximum absolute atomic E-state index is 14.1. The number of hydrogen-bond acceptors (Lipinski definition) is 3. The predicted octanol–water partition coefficient (Wildman–Crippen LogP) is 6.59. The van der Waals surface area contributed by atoms with Crippen molar-refractivity contribution in [1.82, 2.24) is 4.90 Å². The second-order valence-electron chi connectivity index (χ2n) is 10.5. The van der Waals surface area contributed by atoms with Crippen molar-refractivity contribution in [1.29, 1.82) is 0 Å². The summed E-state index contributed by atoms with van der Waals surface area (Å²) in [5.74, 6) is 0.400. The van der Waals surface area contributed by atoms with E-state index in [2.05, 4.69) is 46.3 Å². The monoisotopic (exact) mass is 477 g/mol. The van der Waals surface area contributed by atoms with Gasteiger partial charge in [0.05, 0.1) is 5.92 Å². The zero-order chi connectivity index (χ0) is 25.4. The predicted molar refractivity (Wildman–Crippen MR) is 146 cm³/mol. The van der Waals surface area contributed by atoms with E-state index in [0.717, 1.165) is 41.8 Å². The Balaban J connectivity index is 1.94. The molecule has 2 amide bonds. The fraction of sp³-hybridized carbons (Fsp3) is 0.533. The van der Waals surface area contributed by atoms with Crippen LogP contribution in [0.15, 0.2) is 48.5 Å². The Bertz CT molecular complexity index is 965. The van der Waals surface area contributed by atoms with Crippen molar-refractivity contribution in [2.75, 3.05) is 24.3 Å². The number of benzene rings is 2. The normalized spacial score (nSPS) is 15.0. The van der Waals surface area contributed by atoms with Crippen LogP contribution in [0.3, 0.4) is 0 Å². The summed E-state index contributed by atoms with van der Waals surface area (Å²) in [4.78, 5) is 30.7.